The number of morpholine rings is 1. The highest BCUT2D eigenvalue weighted by Crippen LogP contribution is 2.24. The fraction of sp³-hybridized carbons (Fsp3) is 0.458. The molecule has 29 heavy (non-hydrogen) atoms. The van der Waals surface area contributed by atoms with Gasteiger partial charge in [0.2, 0.25) is 0 Å². The van der Waals surface area contributed by atoms with Gasteiger partial charge in [0.25, 0.3) is 5.91 Å². The maximum atomic E-state index is 12.6. The summed E-state index contributed by atoms with van der Waals surface area (Å²) in [5, 5.41) is 3.16. The van der Waals surface area contributed by atoms with E-state index in [-0.39, 0.29) is 24.0 Å². The fourth-order valence-electron chi connectivity index (χ4n) is 3.53. The zero-order chi connectivity index (χ0) is 20.7. The minimum absolute atomic E-state index is 0.0106. The van der Waals surface area contributed by atoms with Crippen molar-refractivity contribution in [3.63, 3.8) is 0 Å². The molecule has 0 radical (unpaired) electrons. The van der Waals surface area contributed by atoms with E-state index < -0.39 is 0 Å². The Balaban J connectivity index is 1.57. The first-order chi connectivity index (χ1) is 13.9. The second kappa shape index (κ2) is 9.90. The lowest BCUT2D eigenvalue weighted by Gasteiger charge is -2.28. The molecule has 5 nitrogen and oxygen atoms in total. The smallest absolute Gasteiger partial charge is 0.258 e. The summed E-state index contributed by atoms with van der Waals surface area (Å²) in [6.07, 6.45) is 0. The van der Waals surface area contributed by atoms with E-state index >= 15 is 0 Å². The van der Waals surface area contributed by atoms with Crippen molar-refractivity contribution in [3.8, 4) is 5.75 Å². The van der Waals surface area contributed by atoms with Crippen LogP contribution in [-0.4, -0.2) is 45.4 Å². The molecular formula is C24H33N2O3+. The Morgan fingerprint density at radius 3 is 2.34 bits per heavy atom. The highest BCUT2D eigenvalue weighted by atomic mass is 16.5. The van der Waals surface area contributed by atoms with Gasteiger partial charge in [-0.2, -0.15) is 0 Å². The summed E-state index contributed by atoms with van der Waals surface area (Å²) in [4.78, 5) is 14.0. The number of ether oxygens (including phenoxy) is 2. The normalized spacial score (nSPS) is 16.2. The second-order valence-electron chi connectivity index (χ2n) is 8.66. The topological polar surface area (TPSA) is 52.0 Å². The van der Waals surface area contributed by atoms with Crippen molar-refractivity contribution in [1.29, 1.82) is 0 Å². The first kappa shape index (κ1) is 21.3. The average Bonchev–Trinajstić information content (AvgIpc) is 2.73. The zero-order valence-corrected chi connectivity index (χ0v) is 17.7. The molecule has 1 saturated heterocycles. The Bertz CT molecular complexity index is 763. The molecule has 156 valence electrons. The largest absolute Gasteiger partial charge is 0.484 e. The molecule has 1 atom stereocenters. The number of rotatable bonds is 7. The van der Waals surface area contributed by atoms with Gasteiger partial charge in [-0.3, -0.25) is 4.79 Å². The van der Waals surface area contributed by atoms with Crippen LogP contribution in [0.2, 0.25) is 0 Å². The molecular weight excluding hydrogens is 364 g/mol. The molecule has 5 heteroatoms. The van der Waals surface area contributed by atoms with E-state index in [1.165, 1.54) is 10.5 Å². The Morgan fingerprint density at radius 2 is 1.72 bits per heavy atom. The molecule has 3 rings (SSSR count). The number of quaternary nitrogens is 1. The summed E-state index contributed by atoms with van der Waals surface area (Å²) in [6, 6.07) is 18.1. The van der Waals surface area contributed by atoms with E-state index in [0.717, 1.165) is 38.4 Å². The van der Waals surface area contributed by atoms with E-state index in [2.05, 4.69) is 50.4 Å². The van der Waals surface area contributed by atoms with Crippen LogP contribution in [-0.2, 0) is 14.9 Å². The molecule has 1 heterocycles. The van der Waals surface area contributed by atoms with Crippen molar-refractivity contribution in [2.45, 2.75) is 32.2 Å². The number of amides is 1. The van der Waals surface area contributed by atoms with Crippen LogP contribution in [0.4, 0.5) is 0 Å². The molecule has 1 fully saturated rings. The number of benzene rings is 2. The third-order valence-corrected chi connectivity index (χ3v) is 5.32. The molecule has 0 unspecified atom stereocenters. The SMILES string of the molecule is CC(C)(C)c1ccc(OCC(=O)N[C@@H](C[NH+]2CCOCC2)c2ccccc2)cc1. The quantitative estimate of drug-likeness (QED) is 0.753. The maximum absolute atomic E-state index is 12.6. The molecule has 2 aromatic rings. The van der Waals surface area contributed by atoms with Crippen LogP contribution in [0.25, 0.3) is 0 Å². The molecule has 2 N–H and O–H groups in total. The van der Waals surface area contributed by atoms with Crippen LogP contribution in [0.3, 0.4) is 0 Å². The lowest BCUT2D eigenvalue weighted by atomic mass is 9.87. The summed E-state index contributed by atoms with van der Waals surface area (Å²) < 4.78 is 11.2. The first-order valence-corrected chi connectivity index (χ1v) is 10.4. The van der Waals surface area contributed by atoms with Crippen molar-refractivity contribution in [2.24, 2.45) is 0 Å². The van der Waals surface area contributed by atoms with Crippen LogP contribution in [0, 0.1) is 0 Å². The van der Waals surface area contributed by atoms with Crippen molar-refractivity contribution in [1.82, 2.24) is 5.32 Å². The zero-order valence-electron chi connectivity index (χ0n) is 17.7. The van der Waals surface area contributed by atoms with Crippen LogP contribution in [0.1, 0.15) is 37.9 Å². The minimum Gasteiger partial charge on any atom is -0.484 e. The summed E-state index contributed by atoms with van der Waals surface area (Å²) in [5.74, 6) is 0.606. The van der Waals surface area contributed by atoms with Gasteiger partial charge in [0, 0.05) is 0 Å². The van der Waals surface area contributed by atoms with E-state index in [0.29, 0.717) is 5.75 Å². The van der Waals surface area contributed by atoms with Crippen LogP contribution in [0.15, 0.2) is 54.6 Å². The van der Waals surface area contributed by atoms with Crippen LogP contribution < -0.4 is 15.0 Å². The molecule has 0 aromatic heterocycles. The van der Waals surface area contributed by atoms with Crippen LogP contribution in [0.5, 0.6) is 5.75 Å². The van der Waals surface area contributed by atoms with Crippen LogP contribution >= 0.6 is 0 Å². The monoisotopic (exact) mass is 397 g/mol. The molecule has 2 aromatic carbocycles. The lowest BCUT2D eigenvalue weighted by Crippen LogP contribution is -3.14. The van der Waals surface area contributed by atoms with Gasteiger partial charge in [0.15, 0.2) is 6.61 Å². The first-order valence-electron chi connectivity index (χ1n) is 10.4. The lowest BCUT2D eigenvalue weighted by molar-refractivity contribution is -0.909. The highest BCUT2D eigenvalue weighted by Gasteiger charge is 2.23. The standard InChI is InChI=1S/C24H32N2O3/c1-24(2,3)20-9-11-21(12-10-20)29-18-23(27)25-22(19-7-5-4-6-8-19)17-26-13-15-28-16-14-26/h4-12,22H,13-18H2,1-3H3,(H,25,27)/p+1/t22-/m0/s1. The summed E-state index contributed by atoms with van der Waals surface area (Å²) >= 11 is 0. The minimum atomic E-state index is -0.105. The number of carbonyl (C=O) groups is 1. The van der Waals surface area contributed by atoms with Gasteiger partial charge < -0.3 is 19.7 Å². The van der Waals surface area contributed by atoms with Gasteiger partial charge in [0.1, 0.15) is 31.4 Å². The molecule has 0 saturated carbocycles. The molecule has 0 aliphatic carbocycles. The Hall–Kier alpha value is -2.37. The summed E-state index contributed by atoms with van der Waals surface area (Å²) in [6.45, 7) is 10.9. The van der Waals surface area contributed by atoms with E-state index in [4.69, 9.17) is 9.47 Å². The van der Waals surface area contributed by atoms with Crippen molar-refractivity contribution >= 4 is 5.91 Å². The van der Waals surface area contributed by atoms with Crippen molar-refractivity contribution < 1.29 is 19.2 Å². The van der Waals surface area contributed by atoms with E-state index in [9.17, 15) is 4.79 Å². The predicted octanol–water partition coefficient (Wildman–Crippen LogP) is 2.14. The van der Waals surface area contributed by atoms with Gasteiger partial charge in [-0.15, -0.1) is 0 Å². The molecule has 0 bridgehead atoms. The molecule has 1 amide bonds. The highest BCUT2D eigenvalue weighted by molar-refractivity contribution is 5.78. The van der Waals surface area contributed by atoms with Gasteiger partial charge in [-0.05, 0) is 28.7 Å². The molecule has 1 aliphatic heterocycles. The van der Waals surface area contributed by atoms with E-state index in [1.54, 1.807) is 0 Å². The van der Waals surface area contributed by atoms with Gasteiger partial charge >= 0.3 is 0 Å². The fourth-order valence-corrected chi connectivity index (χ4v) is 3.53. The van der Waals surface area contributed by atoms with Gasteiger partial charge in [-0.1, -0.05) is 63.2 Å². The third-order valence-electron chi connectivity index (χ3n) is 5.32. The van der Waals surface area contributed by atoms with Gasteiger partial charge in [-0.25, -0.2) is 0 Å². The molecule has 1 aliphatic rings. The Labute approximate surface area is 174 Å². The summed E-state index contributed by atoms with van der Waals surface area (Å²) in [7, 11) is 0. The second-order valence-corrected chi connectivity index (χ2v) is 8.66. The maximum Gasteiger partial charge on any atom is 0.258 e. The number of hydrogen-bond acceptors (Lipinski definition) is 3. The van der Waals surface area contributed by atoms with E-state index in [1.807, 2.05) is 30.3 Å². The number of nitrogens with one attached hydrogen (secondary N) is 2. The predicted molar refractivity (Wildman–Crippen MR) is 114 cm³/mol. The summed E-state index contributed by atoms with van der Waals surface area (Å²) in [5.41, 5.74) is 2.46. The van der Waals surface area contributed by atoms with Crippen molar-refractivity contribution in [2.75, 3.05) is 39.5 Å². The molecule has 0 spiro atoms. The third kappa shape index (κ3) is 6.58. The average molecular weight is 398 g/mol. The number of hydrogen-bond donors (Lipinski definition) is 2. The Kier molecular flexibility index (Phi) is 7.29. The number of carbonyl (C=O) groups excluding carboxylic acids is 1. The van der Waals surface area contributed by atoms with Crippen molar-refractivity contribution in [3.05, 3.63) is 65.7 Å². The van der Waals surface area contributed by atoms with Gasteiger partial charge in [0.05, 0.1) is 13.2 Å². The Morgan fingerprint density at radius 1 is 1.07 bits per heavy atom.